The smallest absolute Gasteiger partial charge is 0.260 e. The molecule has 1 aromatic heterocycles. The normalized spacial score (nSPS) is 17.8. The molecule has 0 radical (unpaired) electrons. The Morgan fingerprint density at radius 2 is 2.06 bits per heavy atom. The Morgan fingerprint density at radius 3 is 2.79 bits per heavy atom. The third-order valence-electron chi connectivity index (χ3n) is 5.29. The number of furan rings is 1. The highest BCUT2D eigenvalue weighted by Crippen LogP contribution is 2.12. The maximum absolute atomic E-state index is 12.9. The molecular weight excluding hydrogens is 424 g/mol. The van der Waals surface area contributed by atoms with Gasteiger partial charge in [0.05, 0.1) is 31.7 Å². The van der Waals surface area contributed by atoms with Gasteiger partial charge in [0, 0.05) is 32.7 Å². The number of aliphatic hydroxyl groups is 1. The Bertz CT molecular complexity index is 798. The fraction of sp³-hybridized carbons (Fsp3) is 0.560. The minimum Gasteiger partial charge on any atom is -0.484 e. The molecule has 2 aromatic rings. The first kappa shape index (κ1) is 25.2. The molecule has 0 aliphatic carbocycles. The molecule has 1 aliphatic heterocycles. The number of hydrogen-bond acceptors (Lipinski definition) is 7. The van der Waals surface area contributed by atoms with Gasteiger partial charge in [-0.2, -0.15) is 0 Å². The van der Waals surface area contributed by atoms with Crippen LogP contribution in [0, 0.1) is 5.92 Å². The van der Waals surface area contributed by atoms with E-state index >= 15 is 0 Å². The van der Waals surface area contributed by atoms with E-state index in [-0.39, 0.29) is 25.2 Å². The van der Waals surface area contributed by atoms with Crippen LogP contribution in [0.25, 0.3) is 0 Å². The van der Waals surface area contributed by atoms with Gasteiger partial charge in [0.2, 0.25) is 0 Å². The number of benzene rings is 1. The number of β-amino-alcohol motifs (C(OH)–C–C–N with tert-alkyl or cyclic N) is 1. The molecule has 182 valence electrons. The van der Waals surface area contributed by atoms with Crippen LogP contribution in [0.1, 0.15) is 19.6 Å². The second-order valence-corrected chi connectivity index (χ2v) is 8.79. The number of aliphatic hydroxyl groups excluding tert-OH is 1. The predicted molar refractivity (Wildman–Crippen MR) is 124 cm³/mol. The molecule has 2 atom stereocenters. The van der Waals surface area contributed by atoms with E-state index in [9.17, 15) is 9.90 Å². The van der Waals surface area contributed by atoms with Gasteiger partial charge in [-0.05, 0) is 30.2 Å². The standard InChI is InChI=1S/C25H36N2O6/c1-20(2)13-27(25(29)19-33-22-7-4-3-5-8-22)16-24-15-26(10-12-32-24)14-21(28)17-30-18-23-9-6-11-31-23/h3-9,11,20-21,24,28H,10,12-19H2,1-2H3. The van der Waals surface area contributed by atoms with E-state index < -0.39 is 6.10 Å². The number of para-hydroxylation sites is 1. The Morgan fingerprint density at radius 1 is 1.24 bits per heavy atom. The summed E-state index contributed by atoms with van der Waals surface area (Å²) in [5.74, 6) is 1.69. The van der Waals surface area contributed by atoms with E-state index in [1.54, 1.807) is 6.26 Å². The number of nitrogens with zero attached hydrogens (tertiary/aromatic N) is 2. The minimum atomic E-state index is -0.605. The van der Waals surface area contributed by atoms with Gasteiger partial charge in [0.25, 0.3) is 5.91 Å². The van der Waals surface area contributed by atoms with E-state index in [2.05, 4.69) is 18.7 Å². The largest absolute Gasteiger partial charge is 0.484 e. The Balaban J connectivity index is 1.44. The first-order valence-electron chi connectivity index (χ1n) is 11.6. The van der Waals surface area contributed by atoms with Gasteiger partial charge in [0.1, 0.15) is 18.1 Å². The topological polar surface area (TPSA) is 84.6 Å². The van der Waals surface area contributed by atoms with Crippen molar-refractivity contribution >= 4 is 5.91 Å². The van der Waals surface area contributed by atoms with Crippen molar-refractivity contribution in [2.75, 3.05) is 52.5 Å². The SMILES string of the molecule is CC(C)CN(CC1CN(CC(O)COCc2ccco2)CCO1)C(=O)COc1ccccc1. The first-order chi connectivity index (χ1) is 16.0. The number of rotatable bonds is 13. The molecule has 2 heterocycles. The van der Waals surface area contributed by atoms with Crippen LogP contribution in [0.4, 0.5) is 0 Å². The Kier molecular flexibility index (Phi) is 10.2. The summed E-state index contributed by atoms with van der Waals surface area (Å²) in [5, 5.41) is 10.4. The lowest BCUT2D eigenvalue weighted by Gasteiger charge is -2.37. The summed E-state index contributed by atoms with van der Waals surface area (Å²) in [5.41, 5.74) is 0. The molecule has 0 saturated carbocycles. The molecule has 0 bridgehead atoms. The molecule has 8 nitrogen and oxygen atoms in total. The highest BCUT2D eigenvalue weighted by molar-refractivity contribution is 5.77. The molecular formula is C25H36N2O6. The summed E-state index contributed by atoms with van der Waals surface area (Å²) < 4.78 is 22.4. The van der Waals surface area contributed by atoms with Crippen molar-refractivity contribution in [1.29, 1.82) is 0 Å². The van der Waals surface area contributed by atoms with Crippen LogP contribution in [0.3, 0.4) is 0 Å². The maximum atomic E-state index is 12.9. The van der Waals surface area contributed by atoms with Gasteiger partial charge >= 0.3 is 0 Å². The lowest BCUT2D eigenvalue weighted by Crippen LogP contribution is -2.51. The van der Waals surface area contributed by atoms with Crippen LogP contribution in [0.15, 0.2) is 53.1 Å². The van der Waals surface area contributed by atoms with E-state index in [0.717, 1.165) is 12.3 Å². The first-order valence-corrected chi connectivity index (χ1v) is 11.6. The van der Waals surface area contributed by atoms with Crippen molar-refractivity contribution in [2.24, 2.45) is 5.92 Å². The molecule has 2 unspecified atom stereocenters. The summed E-state index contributed by atoms with van der Waals surface area (Å²) in [6.45, 7) is 8.33. The van der Waals surface area contributed by atoms with E-state index in [4.69, 9.17) is 18.6 Å². The van der Waals surface area contributed by atoms with Gasteiger partial charge in [-0.15, -0.1) is 0 Å². The van der Waals surface area contributed by atoms with Gasteiger partial charge in [-0.25, -0.2) is 0 Å². The molecule has 33 heavy (non-hydrogen) atoms. The maximum Gasteiger partial charge on any atom is 0.260 e. The number of carbonyl (C=O) groups excluding carboxylic acids is 1. The second kappa shape index (κ2) is 13.3. The molecule has 1 aromatic carbocycles. The molecule has 1 amide bonds. The molecule has 8 heteroatoms. The van der Waals surface area contributed by atoms with Crippen LogP contribution in [-0.4, -0.2) is 85.6 Å². The van der Waals surface area contributed by atoms with E-state index in [0.29, 0.717) is 51.1 Å². The quantitative estimate of drug-likeness (QED) is 0.491. The van der Waals surface area contributed by atoms with Crippen molar-refractivity contribution in [2.45, 2.75) is 32.7 Å². The summed E-state index contributed by atoms with van der Waals surface area (Å²) >= 11 is 0. The molecule has 1 saturated heterocycles. The Hall–Kier alpha value is -2.39. The zero-order chi connectivity index (χ0) is 23.5. The number of hydrogen-bond donors (Lipinski definition) is 1. The second-order valence-electron chi connectivity index (χ2n) is 8.79. The summed E-state index contributed by atoms with van der Waals surface area (Å²) in [6.07, 6.45) is 0.880. The van der Waals surface area contributed by atoms with Crippen molar-refractivity contribution < 1.29 is 28.5 Å². The van der Waals surface area contributed by atoms with Crippen LogP contribution < -0.4 is 4.74 Å². The van der Waals surface area contributed by atoms with Crippen LogP contribution >= 0.6 is 0 Å². The number of morpholine rings is 1. The third kappa shape index (κ3) is 9.17. The van der Waals surface area contributed by atoms with Gasteiger partial charge < -0.3 is 28.6 Å². The lowest BCUT2D eigenvalue weighted by molar-refractivity contribution is -0.137. The molecule has 1 aliphatic rings. The van der Waals surface area contributed by atoms with Crippen molar-refractivity contribution in [1.82, 2.24) is 9.80 Å². The zero-order valence-corrected chi connectivity index (χ0v) is 19.6. The van der Waals surface area contributed by atoms with Gasteiger partial charge in [-0.3, -0.25) is 9.69 Å². The highest BCUT2D eigenvalue weighted by Gasteiger charge is 2.26. The van der Waals surface area contributed by atoms with E-state index in [1.807, 2.05) is 47.4 Å². The van der Waals surface area contributed by atoms with Crippen molar-refractivity contribution in [3.63, 3.8) is 0 Å². The average molecular weight is 461 g/mol. The molecule has 1 N–H and O–H groups in total. The minimum absolute atomic E-state index is 0.00110. The fourth-order valence-corrected chi connectivity index (χ4v) is 3.82. The van der Waals surface area contributed by atoms with Crippen LogP contribution in [0.2, 0.25) is 0 Å². The third-order valence-corrected chi connectivity index (χ3v) is 5.29. The summed E-state index contributed by atoms with van der Waals surface area (Å²) in [6, 6.07) is 13.0. The van der Waals surface area contributed by atoms with Gasteiger partial charge in [0.15, 0.2) is 6.61 Å². The van der Waals surface area contributed by atoms with Crippen LogP contribution in [0.5, 0.6) is 5.75 Å². The van der Waals surface area contributed by atoms with Crippen LogP contribution in [-0.2, 0) is 20.9 Å². The number of carbonyl (C=O) groups is 1. The predicted octanol–water partition coefficient (Wildman–Crippen LogP) is 2.42. The molecule has 0 spiro atoms. The fourth-order valence-electron chi connectivity index (χ4n) is 3.82. The van der Waals surface area contributed by atoms with E-state index in [1.165, 1.54) is 0 Å². The van der Waals surface area contributed by atoms with Gasteiger partial charge in [-0.1, -0.05) is 32.0 Å². The van der Waals surface area contributed by atoms with Crippen molar-refractivity contribution in [3.8, 4) is 5.75 Å². The molecule has 1 fully saturated rings. The monoisotopic (exact) mass is 460 g/mol. The highest BCUT2D eigenvalue weighted by atomic mass is 16.5. The van der Waals surface area contributed by atoms with Crippen molar-refractivity contribution in [3.05, 3.63) is 54.5 Å². The number of ether oxygens (including phenoxy) is 3. The summed E-state index contributed by atoms with van der Waals surface area (Å²) in [4.78, 5) is 16.9. The number of amides is 1. The lowest BCUT2D eigenvalue weighted by atomic mass is 10.1. The molecule has 3 rings (SSSR count). The Labute approximate surface area is 196 Å². The summed E-state index contributed by atoms with van der Waals surface area (Å²) in [7, 11) is 0. The zero-order valence-electron chi connectivity index (χ0n) is 19.6. The average Bonchev–Trinajstić information content (AvgIpc) is 3.31.